The lowest BCUT2D eigenvalue weighted by atomic mass is 9.98. The molecule has 13 heavy (non-hydrogen) atoms. The van der Waals surface area contributed by atoms with Crippen molar-refractivity contribution in [3.05, 3.63) is 12.2 Å². The Kier molecular flexibility index (Phi) is 2.98. The highest BCUT2D eigenvalue weighted by molar-refractivity contribution is 4.94. The van der Waals surface area contributed by atoms with Crippen molar-refractivity contribution in [1.29, 1.82) is 0 Å². The van der Waals surface area contributed by atoms with E-state index in [-0.39, 0.29) is 13.0 Å². The van der Waals surface area contributed by atoms with E-state index in [4.69, 9.17) is 5.73 Å². The van der Waals surface area contributed by atoms with Gasteiger partial charge in [-0.2, -0.15) is 5.10 Å². The molecule has 0 radical (unpaired) electrons. The van der Waals surface area contributed by atoms with Gasteiger partial charge in [-0.15, -0.1) is 0 Å². The SMILES string of the molecule is CCC(F)(CN)Cc1ncnn1C. The smallest absolute Gasteiger partial charge is 0.138 e. The first-order valence-electron chi connectivity index (χ1n) is 4.33. The van der Waals surface area contributed by atoms with Gasteiger partial charge in [0, 0.05) is 20.0 Å². The van der Waals surface area contributed by atoms with Crippen molar-refractivity contribution in [1.82, 2.24) is 14.8 Å². The third-order valence-corrected chi connectivity index (χ3v) is 2.28. The summed E-state index contributed by atoms with van der Waals surface area (Å²) < 4.78 is 15.4. The number of halogens is 1. The quantitative estimate of drug-likeness (QED) is 0.742. The van der Waals surface area contributed by atoms with E-state index in [2.05, 4.69) is 10.1 Å². The number of hydrogen-bond donors (Lipinski definition) is 1. The second-order valence-electron chi connectivity index (χ2n) is 3.19. The molecule has 0 saturated heterocycles. The molecule has 1 atom stereocenters. The third kappa shape index (κ3) is 2.24. The monoisotopic (exact) mass is 186 g/mol. The van der Waals surface area contributed by atoms with Crippen LogP contribution in [0.5, 0.6) is 0 Å². The summed E-state index contributed by atoms with van der Waals surface area (Å²) in [7, 11) is 1.74. The van der Waals surface area contributed by atoms with Crippen LogP contribution in [0.15, 0.2) is 6.33 Å². The fourth-order valence-electron chi connectivity index (χ4n) is 1.11. The van der Waals surface area contributed by atoms with Gasteiger partial charge in [-0.05, 0) is 6.42 Å². The van der Waals surface area contributed by atoms with E-state index in [0.29, 0.717) is 12.2 Å². The highest BCUT2D eigenvalue weighted by atomic mass is 19.1. The first-order valence-corrected chi connectivity index (χ1v) is 4.33. The average Bonchev–Trinajstić information content (AvgIpc) is 2.52. The highest BCUT2D eigenvalue weighted by Gasteiger charge is 2.27. The number of aromatic nitrogens is 3. The number of nitrogens with two attached hydrogens (primary N) is 1. The minimum absolute atomic E-state index is 0.0242. The first kappa shape index (κ1) is 10.1. The fraction of sp³-hybridized carbons (Fsp3) is 0.750. The Morgan fingerprint density at radius 3 is 2.77 bits per heavy atom. The van der Waals surface area contributed by atoms with Gasteiger partial charge in [0.05, 0.1) is 0 Å². The van der Waals surface area contributed by atoms with Gasteiger partial charge in [0.1, 0.15) is 17.8 Å². The molecule has 0 saturated carbocycles. The number of rotatable bonds is 4. The van der Waals surface area contributed by atoms with Crippen molar-refractivity contribution in [3.63, 3.8) is 0 Å². The molecule has 0 amide bonds. The van der Waals surface area contributed by atoms with Crippen molar-refractivity contribution < 1.29 is 4.39 Å². The van der Waals surface area contributed by atoms with Gasteiger partial charge in [0.25, 0.3) is 0 Å². The van der Waals surface area contributed by atoms with Crippen molar-refractivity contribution in [2.24, 2.45) is 12.8 Å². The molecule has 4 nitrogen and oxygen atoms in total. The van der Waals surface area contributed by atoms with Crippen molar-refractivity contribution >= 4 is 0 Å². The van der Waals surface area contributed by atoms with Crippen LogP contribution in [0, 0.1) is 0 Å². The molecule has 1 aromatic heterocycles. The Morgan fingerprint density at radius 1 is 1.69 bits per heavy atom. The molecule has 0 aliphatic heterocycles. The first-order chi connectivity index (χ1) is 6.11. The molecule has 1 rings (SSSR count). The van der Waals surface area contributed by atoms with Crippen LogP contribution < -0.4 is 5.73 Å². The summed E-state index contributed by atoms with van der Waals surface area (Å²) >= 11 is 0. The molecule has 0 fully saturated rings. The van der Waals surface area contributed by atoms with Crippen LogP contribution in [0.25, 0.3) is 0 Å². The molecule has 0 aromatic carbocycles. The minimum atomic E-state index is -1.35. The van der Waals surface area contributed by atoms with E-state index in [1.165, 1.54) is 6.33 Å². The van der Waals surface area contributed by atoms with E-state index in [0.717, 1.165) is 0 Å². The van der Waals surface area contributed by atoms with E-state index >= 15 is 0 Å². The van der Waals surface area contributed by atoms with Gasteiger partial charge in [0.15, 0.2) is 0 Å². The zero-order valence-corrected chi connectivity index (χ0v) is 8.00. The molecule has 0 spiro atoms. The summed E-state index contributed by atoms with van der Waals surface area (Å²) in [4.78, 5) is 3.95. The maximum atomic E-state index is 13.8. The second kappa shape index (κ2) is 3.83. The number of alkyl halides is 1. The average molecular weight is 186 g/mol. The minimum Gasteiger partial charge on any atom is -0.328 e. The normalized spacial score (nSPS) is 15.7. The number of hydrogen-bond acceptors (Lipinski definition) is 3. The molecular formula is C8H15FN4. The van der Waals surface area contributed by atoms with Crippen LogP contribution in [-0.2, 0) is 13.5 Å². The highest BCUT2D eigenvalue weighted by Crippen LogP contribution is 2.18. The van der Waals surface area contributed by atoms with E-state index in [1.54, 1.807) is 18.7 Å². The Bertz CT molecular complexity index is 267. The van der Waals surface area contributed by atoms with Crippen LogP contribution in [0.2, 0.25) is 0 Å². The van der Waals surface area contributed by atoms with E-state index in [9.17, 15) is 4.39 Å². The molecule has 0 aliphatic rings. The van der Waals surface area contributed by atoms with Gasteiger partial charge in [0.2, 0.25) is 0 Å². The standard InChI is InChI=1S/C8H15FN4/c1-3-8(9,5-10)4-7-11-6-12-13(7)2/h6H,3-5,10H2,1-2H3. The molecule has 74 valence electrons. The Balaban J connectivity index is 2.73. The van der Waals surface area contributed by atoms with Crippen molar-refractivity contribution in [2.45, 2.75) is 25.4 Å². The molecule has 2 N–H and O–H groups in total. The van der Waals surface area contributed by atoms with Crippen LogP contribution in [0.3, 0.4) is 0 Å². The Hall–Kier alpha value is -0.970. The summed E-state index contributed by atoms with van der Waals surface area (Å²) in [6, 6.07) is 0. The summed E-state index contributed by atoms with van der Waals surface area (Å²) in [6.45, 7) is 1.81. The van der Waals surface area contributed by atoms with Crippen LogP contribution in [-0.4, -0.2) is 27.0 Å². The Labute approximate surface area is 77.0 Å². The summed E-state index contributed by atoms with van der Waals surface area (Å²) in [5.41, 5.74) is 4.01. The maximum absolute atomic E-state index is 13.8. The summed E-state index contributed by atoms with van der Waals surface area (Å²) in [6.07, 6.45) is 2.05. The summed E-state index contributed by atoms with van der Waals surface area (Å²) in [5, 5.41) is 3.87. The second-order valence-corrected chi connectivity index (χ2v) is 3.19. The molecule has 0 aliphatic carbocycles. The predicted molar refractivity (Wildman–Crippen MR) is 47.9 cm³/mol. The Morgan fingerprint density at radius 2 is 2.38 bits per heavy atom. The zero-order valence-electron chi connectivity index (χ0n) is 8.00. The lowest BCUT2D eigenvalue weighted by molar-refractivity contribution is 0.162. The predicted octanol–water partition coefficient (Wildman–Crippen LogP) is 0.435. The van der Waals surface area contributed by atoms with Crippen LogP contribution in [0.1, 0.15) is 19.2 Å². The number of nitrogens with zero attached hydrogens (tertiary/aromatic N) is 3. The third-order valence-electron chi connectivity index (χ3n) is 2.28. The molecule has 0 bridgehead atoms. The molecule has 1 heterocycles. The molecular weight excluding hydrogens is 171 g/mol. The number of aryl methyl sites for hydroxylation is 1. The van der Waals surface area contributed by atoms with Crippen molar-refractivity contribution in [2.75, 3.05) is 6.54 Å². The lowest BCUT2D eigenvalue weighted by Crippen LogP contribution is -2.35. The molecule has 1 aromatic rings. The maximum Gasteiger partial charge on any atom is 0.138 e. The van der Waals surface area contributed by atoms with Gasteiger partial charge in [-0.1, -0.05) is 6.92 Å². The fourth-order valence-corrected chi connectivity index (χ4v) is 1.11. The summed E-state index contributed by atoms with van der Waals surface area (Å²) in [5.74, 6) is 0.634. The van der Waals surface area contributed by atoms with E-state index in [1.807, 2.05) is 0 Å². The van der Waals surface area contributed by atoms with Crippen LogP contribution >= 0.6 is 0 Å². The van der Waals surface area contributed by atoms with Crippen molar-refractivity contribution in [3.8, 4) is 0 Å². The topological polar surface area (TPSA) is 56.7 Å². The van der Waals surface area contributed by atoms with Crippen LogP contribution in [0.4, 0.5) is 4.39 Å². The van der Waals surface area contributed by atoms with Gasteiger partial charge in [-0.3, -0.25) is 4.68 Å². The molecule has 5 heteroatoms. The van der Waals surface area contributed by atoms with E-state index < -0.39 is 5.67 Å². The molecule has 1 unspecified atom stereocenters. The van der Waals surface area contributed by atoms with Gasteiger partial charge < -0.3 is 5.73 Å². The lowest BCUT2D eigenvalue weighted by Gasteiger charge is -2.20. The van der Waals surface area contributed by atoms with Gasteiger partial charge in [-0.25, -0.2) is 9.37 Å². The zero-order chi connectivity index (χ0) is 9.90. The van der Waals surface area contributed by atoms with Gasteiger partial charge >= 0.3 is 0 Å². The largest absolute Gasteiger partial charge is 0.328 e.